The van der Waals surface area contributed by atoms with Crippen molar-refractivity contribution >= 4 is 23.5 Å². The second-order valence-corrected chi connectivity index (χ2v) is 8.62. The number of benzene rings is 2. The molecule has 3 amide bonds. The largest absolute Gasteiger partial charge is 0.339 e. The van der Waals surface area contributed by atoms with Gasteiger partial charge in [-0.2, -0.15) is 4.98 Å². The Morgan fingerprint density at radius 1 is 1.09 bits per heavy atom. The fourth-order valence-corrected chi connectivity index (χ4v) is 4.55. The third kappa shape index (κ3) is 3.98. The SMILES string of the molecule is O=C1NC2CC(c3nc(-c4ccc(Cl)cc4)no3)CCC2C(=O)N1Cc1ccc(F)cc1. The van der Waals surface area contributed by atoms with Crippen molar-refractivity contribution in [2.45, 2.75) is 37.8 Å². The third-order valence-corrected chi connectivity index (χ3v) is 6.39. The van der Waals surface area contributed by atoms with Crippen LogP contribution in [0.2, 0.25) is 5.02 Å². The van der Waals surface area contributed by atoms with Crippen molar-refractivity contribution in [2.24, 2.45) is 5.92 Å². The smallest absolute Gasteiger partial charge is 0.324 e. The molecule has 1 aliphatic heterocycles. The first kappa shape index (κ1) is 20.6. The molecule has 0 spiro atoms. The molecule has 7 nitrogen and oxygen atoms in total. The second kappa shape index (κ2) is 8.35. The van der Waals surface area contributed by atoms with Gasteiger partial charge in [0.05, 0.1) is 12.5 Å². The zero-order chi connectivity index (χ0) is 22.2. The van der Waals surface area contributed by atoms with E-state index in [1.807, 2.05) is 12.1 Å². The number of halogens is 2. The molecule has 32 heavy (non-hydrogen) atoms. The molecule has 2 fully saturated rings. The van der Waals surface area contributed by atoms with Crippen LogP contribution in [0.25, 0.3) is 11.4 Å². The van der Waals surface area contributed by atoms with Gasteiger partial charge in [0.25, 0.3) is 0 Å². The molecule has 2 aliphatic rings. The van der Waals surface area contributed by atoms with Crippen molar-refractivity contribution in [1.82, 2.24) is 20.4 Å². The van der Waals surface area contributed by atoms with Crippen LogP contribution in [0.3, 0.4) is 0 Å². The first-order valence-electron chi connectivity index (χ1n) is 10.4. The molecular formula is C23H20ClFN4O3. The standard InChI is InChI=1S/C23H20ClFN4O3/c24-16-6-3-14(4-7-16)20-27-21(32-28-20)15-5-10-18-19(11-15)26-23(31)29(22(18)30)12-13-1-8-17(25)9-2-13/h1-4,6-9,15,18-19H,5,10-12H2,(H,26,31). The molecule has 5 rings (SSSR count). The van der Waals surface area contributed by atoms with Crippen molar-refractivity contribution < 1.29 is 18.5 Å². The summed E-state index contributed by atoms with van der Waals surface area (Å²) in [4.78, 5) is 31.4. The van der Waals surface area contributed by atoms with Gasteiger partial charge < -0.3 is 9.84 Å². The molecule has 1 N–H and O–H groups in total. The van der Waals surface area contributed by atoms with E-state index in [4.69, 9.17) is 16.1 Å². The lowest BCUT2D eigenvalue weighted by Crippen LogP contribution is -2.60. The lowest BCUT2D eigenvalue weighted by atomic mass is 9.76. The Kier molecular flexibility index (Phi) is 5.38. The summed E-state index contributed by atoms with van der Waals surface area (Å²) in [5, 5.41) is 7.66. The molecule has 3 unspecified atom stereocenters. The van der Waals surface area contributed by atoms with E-state index in [-0.39, 0.29) is 36.1 Å². The highest BCUT2D eigenvalue weighted by Gasteiger charge is 2.45. The minimum atomic E-state index is -0.436. The summed E-state index contributed by atoms with van der Waals surface area (Å²) < 4.78 is 18.6. The molecule has 0 bridgehead atoms. The number of amides is 3. The number of carbonyl (C=O) groups excluding carboxylic acids is 2. The second-order valence-electron chi connectivity index (χ2n) is 8.19. The highest BCUT2D eigenvalue weighted by molar-refractivity contribution is 6.30. The molecule has 3 aromatic rings. The number of hydrogen-bond donors (Lipinski definition) is 1. The first-order valence-corrected chi connectivity index (χ1v) is 10.8. The number of urea groups is 1. The molecule has 2 aromatic carbocycles. The monoisotopic (exact) mass is 454 g/mol. The maximum absolute atomic E-state index is 13.1. The Morgan fingerprint density at radius 3 is 2.59 bits per heavy atom. The Labute approximate surface area is 188 Å². The average molecular weight is 455 g/mol. The van der Waals surface area contributed by atoms with Crippen LogP contribution in [-0.4, -0.2) is 33.0 Å². The van der Waals surface area contributed by atoms with Crippen molar-refractivity contribution in [3.63, 3.8) is 0 Å². The minimum absolute atomic E-state index is 0.0402. The van der Waals surface area contributed by atoms with Crippen LogP contribution in [-0.2, 0) is 11.3 Å². The molecular weight excluding hydrogens is 435 g/mol. The first-order chi connectivity index (χ1) is 15.5. The van der Waals surface area contributed by atoms with E-state index in [1.54, 1.807) is 24.3 Å². The summed E-state index contributed by atoms with van der Waals surface area (Å²) in [6, 6.07) is 12.2. The maximum atomic E-state index is 13.1. The normalized spacial score (nSPS) is 23.1. The van der Waals surface area contributed by atoms with Gasteiger partial charge in [-0.1, -0.05) is 28.9 Å². The molecule has 164 valence electrons. The molecule has 2 heterocycles. The van der Waals surface area contributed by atoms with Crippen LogP contribution in [0.15, 0.2) is 53.1 Å². The van der Waals surface area contributed by atoms with Gasteiger partial charge in [0.1, 0.15) is 5.82 Å². The number of imide groups is 1. The number of carbonyl (C=O) groups is 2. The highest BCUT2D eigenvalue weighted by Crippen LogP contribution is 2.38. The quantitative estimate of drug-likeness (QED) is 0.625. The molecule has 3 atom stereocenters. The van der Waals surface area contributed by atoms with E-state index in [0.29, 0.717) is 41.6 Å². The van der Waals surface area contributed by atoms with E-state index >= 15 is 0 Å². The van der Waals surface area contributed by atoms with Gasteiger partial charge in [-0.15, -0.1) is 0 Å². The van der Waals surface area contributed by atoms with Crippen LogP contribution < -0.4 is 5.32 Å². The number of fused-ring (bicyclic) bond motifs is 1. The van der Waals surface area contributed by atoms with Gasteiger partial charge in [-0.3, -0.25) is 9.69 Å². The summed E-state index contributed by atoms with van der Waals surface area (Å²) in [5.74, 6) is 0.0807. The third-order valence-electron chi connectivity index (χ3n) is 6.13. The summed E-state index contributed by atoms with van der Waals surface area (Å²) in [5.41, 5.74) is 1.50. The zero-order valence-corrected chi connectivity index (χ0v) is 17.8. The van der Waals surface area contributed by atoms with Gasteiger partial charge in [0.15, 0.2) is 0 Å². The van der Waals surface area contributed by atoms with Crippen molar-refractivity contribution in [3.05, 3.63) is 70.8 Å². The Morgan fingerprint density at radius 2 is 1.84 bits per heavy atom. The maximum Gasteiger partial charge on any atom is 0.324 e. The zero-order valence-electron chi connectivity index (χ0n) is 17.0. The highest BCUT2D eigenvalue weighted by atomic mass is 35.5. The van der Waals surface area contributed by atoms with Gasteiger partial charge in [-0.25, -0.2) is 9.18 Å². The van der Waals surface area contributed by atoms with Gasteiger partial charge in [0.2, 0.25) is 17.6 Å². The van der Waals surface area contributed by atoms with Crippen molar-refractivity contribution in [1.29, 1.82) is 0 Å². The van der Waals surface area contributed by atoms with Crippen LogP contribution >= 0.6 is 11.6 Å². The number of rotatable bonds is 4. The van der Waals surface area contributed by atoms with Crippen molar-refractivity contribution in [2.75, 3.05) is 0 Å². The van der Waals surface area contributed by atoms with Crippen LogP contribution in [0, 0.1) is 11.7 Å². The predicted molar refractivity (Wildman–Crippen MR) is 114 cm³/mol. The van der Waals surface area contributed by atoms with Crippen LogP contribution in [0.5, 0.6) is 0 Å². The van der Waals surface area contributed by atoms with Crippen LogP contribution in [0.1, 0.15) is 36.6 Å². The number of aromatic nitrogens is 2. The van der Waals surface area contributed by atoms with E-state index < -0.39 is 6.03 Å². The lowest BCUT2D eigenvalue weighted by molar-refractivity contribution is -0.137. The van der Waals surface area contributed by atoms with Gasteiger partial charge in [-0.05, 0) is 61.2 Å². The topological polar surface area (TPSA) is 88.3 Å². The van der Waals surface area contributed by atoms with Gasteiger partial charge >= 0.3 is 6.03 Å². The molecule has 0 radical (unpaired) electrons. The molecule has 9 heteroatoms. The fraction of sp³-hybridized carbons (Fsp3) is 0.304. The summed E-state index contributed by atoms with van der Waals surface area (Å²) in [6.45, 7) is 0.117. The summed E-state index contributed by atoms with van der Waals surface area (Å²) in [7, 11) is 0. The Balaban J connectivity index is 1.27. The Bertz CT molecular complexity index is 1150. The van der Waals surface area contributed by atoms with Crippen molar-refractivity contribution in [3.8, 4) is 11.4 Å². The van der Waals surface area contributed by atoms with Gasteiger partial charge in [0, 0.05) is 22.5 Å². The van der Waals surface area contributed by atoms with E-state index in [0.717, 1.165) is 5.56 Å². The van der Waals surface area contributed by atoms with Crippen LogP contribution in [0.4, 0.5) is 9.18 Å². The molecule has 1 saturated heterocycles. The van der Waals surface area contributed by atoms with E-state index in [2.05, 4.69) is 15.5 Å². The Hall–Kier alpha value is -3.26. The number of nitrogens with one attached hydrogen (secondary N) is 1. The summed E-state index contributed by atoms with van der Waals surface area (Å²) in [6.07, 6.45) is 1.86. The fourth-order valence-electron chi connectivity index (χ4n) is 4.43. The predicted octanol–water partition coefficient (Wildman–Crippen LogP) is 4.53. The molecule has 1 aliphatic carbocycles. The molecule has 1 saturated carbocycles. The minimum Gasteiger partial charge on any atom is -0.339 e. The summed E-state index contributed by atoms with van der Waals surface area (Å²) >= 11 is 5.93. The number of nitrogens with zero attached hydrogens (tertiary/aromatic N) is 3. The van der Waals surface area contributed by atoms with E-state index in [9.17, 15) is 14.0 Å². The molecule has 1 aromatic heterocycles. The number of hydrogen-bond acceptors (Lipinski definition) is 5. The average Bonchev–Trinajstić information content (AvgIpc) is 3.28. The van der Waals surface area contributed by atoms with E-state index in [1.165, 1.54) is 17.0 Å². The lowest BCUT2D eigenvalue weighted by Gasteiger charge is -2.41.